The number of nitrogens with zero attached hydrogens (tertiary/aromatic N) is 4. The minimum absolute atomic E-state index is 0.00396. The summed E-state index contributed by atoms with van der Waals surface area (Å²) in [7, 11) is 0. The predicted octanol–water partition coefficient (Wildman–Crippen LogP) is 12.0. The summed E-state index contributed by atoms with van der Waals surface area (Å²) in [6.07, 6.45) is -9.58. The standard InChI is InChI=1S/C41H22F8N4/c42-28-14-16-29(33(43)22-28)25-11-15-30(39-51-37(23-7-3-1-4-8-23)50-38(52-39)24-9-5-2-6-10-24)36(19-25)53-34-17-12-26(40(44,45)46)20-31(34)32-21-27(41(47,48)49)13-18-35(32)53/h1-22H. The van der Waals surface area contributed by atoms with Gasteiger partial charge in [-0.1, -0.05) is 66.7 Å². The first kappa shape index (κ1) is 33.7. The first-order valence-electron chi connectivity index (χ1n) is 16.0. The van der Waals surface area contributed by atoms with Crippen LogP contribution in [-0.4, -0.2) is 19.5 Å². The van der Waals surface area contributed by atoms with Crippen LogP contribution < -0.4 is 0 Å². The smallest absolute Gasteiger partial charge is 0.308 e. The number of hydrogen-bond donors (Lipinski definition) is 0. The van der Waals surface area contributed by atoms with Crippen LogP contribution in [0.4, 0.5) is 35.1 Å². The summed E-state index contributed by atoms with van der Waals surface area (Å²) in [5, 5.41) is -0.202. The summed E-state index contributed by atoms with van der Waals surface area (Å²) in [6.45, 7) is 0. The molecule has 0 saturated carbocycles. The highest BCUT2D eigenvalue weighted by Crippen LogP contribution is 2.42. The van der Waals surface area contributed by atoms with Gasteiger partial charge < -0.3 is 4.57 Å². The van der Waals surface area contributed by atoms with E-state index in [4.69, 9.17) is 15.0 Å². The van der Waals surface area contributed by atoms with Crippen LogP contribution in [0.5, 0.6) is 0 Å². The van der Waals surface area contributed by atoms with E-state index >= 15 is 4.39 Å². The Labute approximate surface area is 295 Å². The lowest BCUT2D eigenvalue weighted by atomic mass is 10.0. The van der Waals surface area contributed by atoms with Crippen LogP contribution in [0.2, 0.25) is 0 Å². The summed E-state index contributed by atoms with van der Waals surface area (Å²) >= 11 is 0. The fourth-order valence-corrected chi connectivity index (χ4v) is 6.36. The van der Waals surface area contributed by atoms with E-state index in [1.807, 2.05) is 12.1 Å². The SMILES string of the molecule is Fc1ccc(-c2ccc(-c3nc(-c4ccccc4)nc(-c4ccccc4)n3)c(-n3c4ccc(C(F)(F)F)cc4c4cc(C(F)(F)F)ccc43)c2)c(F)c1. The monoisotopic (exact) mass is 722 g/mol. The normalized spacial score (nSPS) is 12.2. The summed E-state index contributed by atoms with van der Waals surface area (Å²) in [4.78, 5) is 14.3. The summed E-state index contributed by atoms with van der Waals surface area (Å²) in [6, 6.07) is 31.4. The van der Waals surface area contributed by atoms with Crippen LogP contribution in [0.15, 0.2) is 133 Å². The third-order valence-corrected chi connectivity index (χ3v) is 8.84. The van der Waals surface area contributed by atoms with Crippen molar-refractivity contribution in [3.63, 3.8) is 0 Å². The Hall–Kier alpha value is -6.43. The zero-order chi connectivity index (χ0) is 37.1. The fourth-order valence-electron chi connectivity index (χ4n) is 6.36. The van der Waals surface area contributed by atoms with Gasteiger partial charge in [0.25, 0.3) is 0 Å². The van der Waals surface area contributed by atoms with Crippen molar-refractivity contribution < 1.29 is 35.1 Å². The lowest BCUT2D eigenvalue weighted by Crippen LogP contribution is -2.05. The first-order chi connectivity index (χ1) is 25.3. The molecule has 0 bridgehead atoms. The minimum Gasteiger partial charge on any atom is -0.308 e. The molecule has 0 unspecified atom stereocenters. The van der Waals surface area contributed by atoms with Gasteiger partial charge in [-0.25, -0.2) is 23.7 Å². The van der Waals surface area contributed by atoms with E-state index in [1.165, 1.54) is 28.8 Å². The molecular formula is C41H22F8N4. The molecule has 2 aromatic heterocycles. The van der Waals surface area contributed by atoms with Gasteiger partial charge in [-0.2, -0.15) is 26.3 Å². The van der Waals surface area contributed by atoms with Gasteiger partial charge in [0, 0.05) is 39.1 Å². The minimum atomic E-state index is -4.79. The van der Waals surface area contributed by atoms with Crippen LogP contribution in [0, 0.1) is 11.6 Å². The van der Waals surface area contributed by atoms with Crippen molar-refractivity contribution in [1.29, 1.82) is 0 Å². The Kier molecular flexibility index (Phi) is 8.05. The molecule has 0 aliphatic carbocycles. The molecule has 0 N–H and O–H groups in total. The molecule has 6 aromatic carbocycles. The largest absolute Gasteiger partial charge is 0.416 e. The van der Waals surface area contributed by atoms with Gasteiger partial charge in [-0.3, -0.25) is 0 Å². The molecule has 0 fully saturated rings. The van der Waals surface area contributed by atoms with Crippen molar-refractivity contribution in [3.05, 3.63) is 156 Å². The molecule has 0 atom stereocenters. The number of halogens is 8. The Morgan fingerprint density at radius 3 is 1.42 bits per heavy atom. The van der Waals surface area contributed by atoms with Gasteiger partial charge in [0.05, 0.1) is 27.8 Å². The van der Waals surface area contributed by atoms with E-state index in [9.17, 15) is 30.7 Å². The van der Waals surface area contributed by atoms with Gasteiger partial charge in [0.2, 0.25) is 0 Å². The van der Waals surface area contributed by atoms with Gasteiger partial charge in [0.1, 0.15) is 11.6 Å². The number of aromatic nitrogens is 4. The lowest BCUT2D eigenvalue weighted by Gasteiger charge is -2.17. The van der Waals surface area contributed by atoms with Gasteiger partial charge >= 0.3 is 12.4 Å². The van der Waals surface area contributed by atoms with Crippen molar-refractivity contribution in [3.8, 4) is 51.0 Å². The third kappa shape index (κ3) is 6.26. The van der Waals surface area contributed by atoms with E-state index in [0.717, 1.165) is 30.3 Å². The number of hydrogen-bond acceptors (Lipinski definition) is 3. The highest BCUT2D eigenvalue weighted by Gasteiger charge is 2.34. The van der Waals surface area contributed by atoms with E-state index in [0.29, 0.717) is 34.4 Å². The second-order valence-electron chi connectivity index (χ2n) is 12.2. The molecule has 53 heavy (non-hydrogen) atoms. The van der Waals surface area contributed by atoms with E-state index < -0.39 is 35.1 Å². The Morgan fingerprint density at radius 2 is 0.925 bits per heavy atom. The van der Waals surface area contributed by atoms with Gasteiger partial charge in [-0.15, -0.1) is 0 Å². The molecular weight excluding hydrogens is 700 g/mol. The van der Waals surface area contributed by atoms with Crippen LogP contribution in [0.3, 0.4) is 0 Å². The van der Waals surface area contributed by atoms with Crippen molar-refractivity contribution >= 4 is 21.8 Å². The zero-order valence-corrected chi connectivity index (χ0v) is 27.0. The maximum absolute atomic E-state index is 15.2. The van der Waals surface area contributed by atoms with Gasteiger partial charge in [0.15, 0.2) is 17.5 Å². The molecule has 8 aromatic rings. The molecule has 0 radical (unpaired) electrons. The summed E-state index contributed by atoms with van der Waals surface area (Å²) < 4.78 is 115. The number of benzene rings is 6. The topological polar surface area (TPSA) is 43.6 Å². The predicted molar refractivity (Wildman–Crippen MR) is 186 cm³/mol. The average Bonchev–Trinajstić information content (AvgIpc) is 3.47. The summed E-state index contributed by atoms with van der Waals surface area (Å²) in [5.74, 6) is -0.985. The molecule has 12 heteroatoms. The fraction of sp³-hybridized carbons (Fsp3) is 0.0488. The molecule has 8 rings (SSSR count). The van der Waals surface area contributed by atoms with Crippen molar-refractivity contribution in [2.75, 3.05) is 0 Å². The second kappa shape index (κ2) is 12.7. The van der Waals surface area contributed by atoms with Crippen LogP contribution in [0.25, 0.3) is 72.8 Å². The number of alkyl halides is 6. The van der Waals surface area contributed by atoms with Crippen LogP contribution in [-0.2, 0) is 12.4 Å². The highest BCUT2D eigenvalue weighted by molar-refractivity contribution is 6.10. The van der Waals surface area contributed by atoms with Crippen LogP contribution >= 0.6 is 0 Å². The number of rotatable bonds is 5. The molecule has 0 amide bonds. The lowest BCUT2D eigenvalue weighted by molar-refractivity contribution is -0.138. The van der Waals surface area contributed by atoms with Crippen molar-refractivity contribution in [2.24, 2.45) is 0 Å². The maximum atomic E-state index is 15.2. The molecule has 0 spiro atoms. The first-order valence-corrected chi connectivity index (χ1v) is 16.0. The van der Waals surface area contributed by atoms with E-state index in [2.05, 4.69) is 0 Å². The molecule has 262 valence electrons. The Balaban J connectivity index is 1.48. The summed E-state index contributed by atoms with van der Waals surface area (Å²) in [5.41, 5.74) is 0.202. The Morgan fingerprint density at radius 1 is 0.434 bits per heavy atom. The van der Waals surface area contributed by atoms with Crippen molar-refractivity contribution in [1.82, 2.24) is 19.5 Å². The molecule has 2 heterocycles. The third-order valence-electron chi connectivity index (χ3n) is 8.84. The van der Waals surface area contributed by atoms with E-state index in [-0.39, 0.29) is 44.4 Å². The van der Waals surface area contributed by atoms with Crippen LogP contribution in [0.1, 0.15) is 11.1 Å². The Bertz CT molecular complexity index is 2540. The molecule has 0 aliphatic heterocycles. The second-order valence-corrected chi connectivity index (χ2v) is 12.2. The molecule has 0 saturated heterocycles. The van der Waals surface area contributed by atoms with Crippen molar-refractivity contribution in [2.45, 2.75) is 12.4 Å². The molecule has 4 nitrogen and oxygen atoms in total. The number of fused-ring (bicyclic) bond motifs is 3. The quantitative estimate of drug-likeness (QED) is 0.166. The van der Waals surface area contributed by atoms with Gasteiger partial charge in [-0.05, 0) is 66.2 Å². The highest BCUT2D eigenvalue weighted by atomic mass is 19.4. The average molecular weight is 723 g/mol. The zero-order valence-electron chi connectivity index (χ0n) is 27.0. The molecule has 0 aliphatic rings. The maximum Gasteiger partial charge on any atom is 0.416 e. The van der Waals surface area contributed by atoms with E-state index in [1.54, 1.807) is 60.7 Å².